The zero-order chi connectivity index (χ0) is 23.0. The second-order valence-corrected chi connectivity index (χ2v) is 8.74. The third kappa shape index (κ3) is 4.63. The minimum atomic E-state index is -0.428. The highest BCUT2D eigenvalue weighted by atomic mass is 35.5. The minimum Gasteiger partial charge on any atom is -0.436 e. The van der Waals surface area contributed by atoms with Crippen molar-refractivity contribution in [2.24, 2.45) is 0 Å². The van der Waals surface area contributed by atoms with Gasteiger partial charge in [-0.3, -0.25) is 10.1 Å². The van der Waals surface area contributed by atoms with Crippen LogP contribution in [0.3, 0.4) is 0 Å². The average Bonchev–Trinajstić information content (AvgIpc) is 3.12. The number of halogens is 2. The molecule has 0 fully saturated rings. The molecule has 162 valence electrons. The van der Waals surface area contributed by atoms with Gasteiger partial charge in [0.25, 0.3) is 5.91 Å². The lowest BCUT2D eigenvalue weighted by Crippen LogP contribution is -2.34. The number of benzene rings is 3. The minimum absolute atomic E-state index is 0.144. The molecule has 0 saturated carbocycles. The Labute approximate surface area is 200 Å². The van der Waals surface area contributed by atoms with E-state index in [2.05, 4.69) is 15.6 Å². The van der Waals surface area contributed by atoms with Crippen LogP contribution in [0.2, 0.25) is 10.0 Å². The Kier molecular flexibility index (Phi) is 6.20. The van der Waals surface area contributed by atoms with E-state index >= 15 is 0 Å². The number of amides is 1. The molecular formula is C24H19Cl2N3O2S. The van der Waals surface area contributed by atoms with Crippen LogP contribution in [0.15, 0.2) is 52.9 Å². The molecule has 0 aliphatic rings. The molecule has 5 nitrogen and oxygen atoms in total. The van der Waals surface area contributed by atoms with Gasteiger partial charge >= 0.3 is 0 Å². The van der Waals surface area contributed by atoms with Gasteiger partial charge in [-0.15, -0.1) is 0 Å². The summed E-state index contributed by atoms with van der Waals surface area (Å²) in [5.74, 6) is 0.0821. The van der Waals surface area contributed by atoms with Crippen molar-refractivity contribution >= 4 is 63.2 Å². The molecule has 8 heteroatoms. The van der Waals surface area contributed by atoms with Crippen LogP contribution in [0.4, 0.5) is 5.69 Å². The maximum absolute atomic E-state index is 12.5. The van der Waals surface area contributed by atoms with Gasteiger partial charge in [-0.25, -0.2) is 4.98 Å². The number of thiocarbonyl (C=S) groups is 1. The van der Waals surface area contributed by atoms with Crippen molar-refractivity contribution in [2.45, 2.75) is 20.8 Å². The van der Waals surface area contributed by atoms with Crippen LogP contribution in [0.1, 0.15) is 27.0 Å². The van der Waals surface area contributed by atoms with Gasteiger partial charge in [0.1, 0.15) is 5.52 Å². The van der Waals surface area contributed by atoms with Crippen LogP contribution >= 0.6 is 35.4 Å². The lowest BCUT2D eigenvalue weighted by Gasteiger charge is -2.13. The van der Waals surface area contributed by atoms with E-state index in [0.29, 0.717) is 10.9 Å². The van der Waals surface area contributed by atoms with Gasteiger partial charge in [-0.05, 0) is 92.1 Å². The fourth-order valence-corrected chi connectivity index (χ4v) is 3.89. The molecule has 4 aromatic rings. The predicted molar refractivity (Wildman–Crippen MR) is 134 cm³/mol. The quantitative estimate of drug-likeness (QED) is 0.311. The van der Waals surface area contributed by atoms with Crippen molar-refractivity contribution in [1.82, 2.24) is 10.3 Å². The van der Waals surface area contributed by atoms with Crippen LogP contribution in [-0.4, -0.2) is 16.0 Å². The molecule has 0 aliphatic carbocycles. The summed E-state index contributed by atoms with van der Waals surface area (Å²) >= 11 is 17.3. The van der Waals surface area contributed by atoms with Gasteiger partial charge in [0.2, 0.25) is 5.89 Å². The number of carbonyl (C=O) groups excluding carboxylic acids is 1. The van der Waals surface area contributed by atoms with E-state index < -0.39 is 5.91 Å². The maximum Gasteiger partial charge on any atom is 0.258 e. The van der Waals surface area contributed by atoms with Crippen molar-refractivity contribution < 1.29 is 9.21 Å². The SMILES string of the molecule is Cc1cc2nc(-c3ccc(C)c(NC(=S)NC(=O)c4ccc(Cl)cc4Cl)c3)oc2cc1C. The molecule has 0 radical (unpaired) electrons. The van der Waals surface area contributed by atoms with E-state index in [1.165, 1.54) is 6.07 Å². The summed E-state index contributed by atoms with van der Waals surface area (Å²) in [5.41, 5.74) is 6.59. The van der Waals surface area contributed by atoms with E-state index in [1.54, 1.807) is 12.1 Å². The first-order valence-electron chi connectivity index (χ1n) is 9.77. The molecule has 3 aromatic carbocycles. The molecule has 0 atom stereocenters. The number of hydrogen-bond acceptors (Lipinski definition) is 4. The Balaban J connectivity index is 1.55. The van der Waals surface area contributed by atoms with Gasteiger partial charge < -0.3 is 9.73 Å². The monoisotopic (exact) mass is 483 g/mol. The fraction of sp³-hybridized carbons (Fsp3) is 0.125. The molecule has 32 heavy (non-hydrogen) atoms. The summed E-state index contributed by atoms with van der Waals surface area (Å²) in [5, 5.41) is 6.54. The topological polar surface area (TPSA) is 67.2 Å². The Morgan fingerprint density at radius 2 is 1.72 bits per heavy atom. The first-order chi connectivity index (χ1) is 15.2. The number of aryl methyl sites for hydroxylation is 3. The molecule has 1 amide bonds. The third-order valence-corrected chi connectivity index (χ3v) is 5.89. The van der Waals surface area contributed by atoms with Crippen LogP contribution in [0.25, 0.3) is 22.6 Å². The van der Waals surface area contributed by atoms with E-state index in [0.717, 1.165) is 39.0 Å². The summed E-state index contributed by atoms with van der Waals surface area (Å²) in [4.78, 5) is 17.1. The van der Waals surface area contributed by atoms with Gasteiger partial charge in [-0.1, -0.05) is 29.3 Å². The normalized spacial score (nSPS) is 10.9. The molecule has 0 aliphatic heterocycles. The number of carbonyl (C=O) groups is 1. The molecule has 1 heterocycles. The average molecular weight is 484 g/mol. The first-order valence-corrected chi connectivity index (χ1v) is 10.9. The number of rotatable bonds is 3. The van der Waals surface area contributed by atoms with Crippen molar-refractivity contribution in [1.29, 1.82) is 0 Å². The van der Waals surface area contributed by atoms with E-state index in [-0.39, 0.29) is 15.7 Å². The lowest BCUT2D eigenvalue weighted by atomic mass is 10.1. The summed E-state index contributed by atoms with van der Waals surface area (Å²) < 4.78 is 5.97. The van der Waals surface area contributed by atoms with E-state index in [4.69, 9.17) is 39.8 Å². The second kappa shape index (κ2) is 8.90. The van der Waals surface area contributed by atoms with E-state index in [1.807, 2.05) is 51.1 Å². The molecule has 2 N–H and O–H groups in total. The summed E-state index contributed by atoms with van der Waals surface area (Å²) in [6.07, 6.45) is 0. The lowest BCUT2D eigenvalue weighted by molar-refractivity contribution is 0.0978. The van der Waals surface area contributed by atoms with Gasteiger partial charge in [-0.2, -0.15) is 0 Å². The molecule has 0 spiro atoms. The third-order valence-electron chi connectivity index (χ3n) is 5.14. The van der Waals surface area contributed by atoms with Crippen molar-refractivity contribution in [3.05, 3.63) is 80.8 Å². The largest absolute Gasteiger partial charge is 0.436 e. The molecular weight excluding hydrogens is 465 g/mol. The van der Waals surface area contributed by atoms with Gasteiger partial charge in [0.05, 0.1) is 10.6 Å². The van der Waals surface area contributed by atoms with Crippen LogP contribution in [0, 0.1) is 20.8 Å². The highest BCUT2D eigenvalue weighted by molar-refractivity contribution is 7.80. The zero-order valence-corrected chi connectivity index (χ0v) is 19.9. The number of fused-ring (bicyclic) bond motifs is 1. The maximum atomic E-state index is 12.5. The van der Waals surface area contributed by atoms with Gasteiger partial charge in [0, 0.05) is 16.3 Å². The molecule has 0 saturated heterocycles. The standard InChI is InChI=1S/C24H19Cl2N3O2S/c1-12-4-5-15(23-27-20-8-13(2)14(3)9-21(20)31-23)10-19(12)28-24(32)29-22(30)17-7-6-16(25)11-18(17)26/h4-11H,1-3H3,(H2,28,29,30,32). The number of nitrogens with zero attached hydrogens (tertiary/aromatic N) is 1. The van der Waals surface area contributed by atoms with Gasteiger partial charge in [0.15, 0.2) is 10.7 Å². The summed E-state index contributed by atoms with van der Waals surface area (Å²) in [6, 6.07) is 14.4. The Morgan fingerprint density at radius 3 is 2.47 bits per heavy atom. The molecule has 1 aromatic heterocycles. The number of nitrogens with one attached hydrogen (secondary N) is 2. The Morgan fingerprint density at radius 1 is 0.969 bits per heavy atom. The Bertz CT molecular complexity index is 1340. The second-order valence-electron chi connectivity index (χ2n) is 7.49. The van der Waals surface area contributed by atoms with E-state index in [9.17, 15) is 4.79 Å². The van der Waals surface area contributed by atoms with Crippen molar-refractivity contribution in [3.8, 4) is 11.5 Å². The smallest absolute Gasteiger partial charge is 0.258 e. The fourth-order valence-electron chi connectivity index (χ4n) is 3.19. The Hall–Kier alpha value is -2.93. The molecule has 4 rings (SSSR count). The number of aromatic nitrogens is 1. The van der Waals surface area contributed by atoms with Crippen molar-refractivity contribution in [3.63, 3.8) is 0 Å². The highest BCUT2D eigenvalue weighted by Crippen LogP contribution is 2.29. The summed E-state index contributed by atoms with van der Waals surface area (Å²) in [7, 11) is 0. The van der Waals surface area contributed by atoms with Crippen LogP contribution in [0.5, 0.6) is 0 Å². The first kappa shape index (κ1) is 22.3. The van der Waals surface area contributed by atoms with Crippen LogP contribution < -0.4 is 10.6 Å². The summed E-state index contributed by atoms with van der Waals surface area (Å²) in [6.45, 7) is 6.02. The highest BCUT2D eigenvalue weighted by Gasteiger charge is 2.15. The predicted octanol–water partition coefficient (Wildman–Crippen LogP) is 6.85. The number of oxazole rings is 1. The molecule has 0 unspecified atom stereocenters. The zero-order valence-electron chi connectivity index (χ0n) is 17.5. The number of anilines is 1. The van der Waals surface area contributed by atoms with Crippen molar-refractivity contribution in [2.75, 3.05) is 5.32 Å². The van der Waals surface area contributed by atoms with Crippen LogP contribution in [-0.2, 0) is 0 Å². The number of hydrogen-bond donors (Lipinski definition) is 2. The molecule has 0 bridgehead atoms.